The van der Waals surface area contributed by atoms with Crippen LogP contribution >= 0.6 is 0 Å². The standard InChI is InChI=1S/C22H34O4/c1-4-5-6-7-8-9-10-11-12-18(2)13-14-19-15-20(25-3)16-21(19)26-22(24)17-23/h10-14,17,19-21H,4-9,15-16H2,1-3H3/b11-10+,14-13+,18-12+/t19-,20-,21-/m0/s1. The van der Waals surface area contributed by atoms with Crippen molar-refractivity contribution >= 4 is 12.3 Å². The Morgan fingerprint density at radius 3 is 2.62 bits per heavy atom. The van der Waals surface area contributed by atoms with E-state index in [4.69, 9.17) is 9.47 Å². The zero-order valence-electron chi connectivity index (χ0n) is 16.5. The molecule has 0 radical (unpaired) electrons. The normalized spacial score (nSPS) is 23.8. The molecular formula is C22H34O4. The fourth-order valence-corrected chi connectivity index (χ4v) is 3.21. The van der Waals surface area contributed by atoms with Crippen LogP contribution in [0, 0.1) is 5.92 Å². The van der Waals surface area contributed by atoms with Gasteiger partial charge in [-0.05, 0) is 26.2 Å². The number of ether oxygens (including phenoxy) is 2. The predicted molar refractivity (Wildman–Crippen MR) is 105 cm³/mol. The zero-order chi connectivity index (χ0) is 19.2. The minimum absolute atomic E-state index is 0.0611. The molecule has 1 aliphatic carbocycles. The molecule has 0 heterocycles. The number of esters is 1. The van der Waals surface area contributed by atoms with E-state index in [2.05, 4.69) is 44.2 Å². The van der Waals surface area contributed by atoms with Gasteiger partial charge in [0, 0.05) is 19.4 Å². The molecule has 0 N–H and O–H groups in total. The molecule has 0 aromatic heterocycles. The second-order valence-corrected chi connectivity index (χ2v) is 6.99. The number of unbranched alkanes of at least 4 members (excludes halogenated alkanes) is 5. The molecule has 0 saturated heterocycles. The van der Waals surface area contributed by atoms with E-state index in [9.17, 15) is 9.59 Å². The van der Waals surface area contributed by atoms with Crippen LogP contribution in [0.25, 0.3) is 0 Å². The molecule has 4 nitrogen and oxygen atoms in total. The summed E-state index contributed by atoms with van der Waals surface area (Å²) in [6, 6.07) is 0. The van der Waals surface area contributed by atoms with Crippen LogP contribution in [-0.2, 0) is 19.1 Å². The monoisotopic (exact) mass is 362 g/mol. The van der Waals surface area contributed by atoms with Gasteiger partial charge in [-0.25, -0.2) is 4.79 Å². The van der Waals surface area contributed by atoms with Crippen molar-refractivity contribution in [1.29, 1.82) is 0 Å². The highest BCUT2D eigenvalue weighted by Crippen LogP contribution is 2.31. The first-order valence-electron chi connectivity index (χ1n) is 9.80. The number of methoxy groups -OCH3 is 1. The second kappa shape index (κ2) is 13.5. The Balaban J connectivity index is 2.44. The zero-order valence-corrected chi connectivity index (χ0v) is 16.5. The third kappa shape index (κ3) is 9.14. The summed E-state index contributed by atoms with van der Waals surface area (Å²) in [4.78, 5) is 21.8. The van der Waals surface area contributed by atoms with Crippen molar-refractivity contribution in [2.24, 2.45) is 5.92 Å². The summed E-state index contributed by atoms with van der Waals surface area (Å²) in [5.74, 6) is -0.728. The number of carbonyl (C=O) groups is 2. The number of allylic oxidation sites excluding steroid dienone is 5. The van der Waals surface area contributed by atoms with Crippen molar-refractivity contribution in [2.75, 3.05) is 7.11 Å². The maximum absolute atomic E-state index is 11.3. The molecule has 1 saturated carbocycles. The molecule has 4 heteroatoms. The highest BCUT2D eigenvalue weighted by Gasteiger charge is 2.35. The lowest BCUT2D eigenvalue weighted by molar-refractivity contribution is -0.154. The van der Waals surface area contributed by atoms with Crippen molar-refractivity contribution in [1.82, 2.24) is 0 Å². The van der Waals surface area contributed by atoms with Crippen LogP contribution < -0.4 is 0 Å². The summed E-state index contributed by atoms with van der Waals surface area (Å²) < 4.78 is 10.6. The molecule has 0 spiro atoms. The smallest absolute Gasteiger partial charge is 0.371 e. The molecule has 0 amide bonds. The van der Waals surface area contributed by atoms with Crippen molar-refractivity contribution < 1.29 is 19.1 Å². The summed E-state index contributed by atoms with van der Waals surface area (Å²) in [5, 5.41) is 0. The van der Waals surface area contributed by atoms with E-state index in [1.807, 2.05) is 0 Å². The summed E-state index contributed by atoms with van der Waals surface area (Å²) in [5.41, 5.74) is 1.15. The molecule has 1 fully saturated rings. The van der Waals surface area contributed by atoms with E-state index in [1.165, 1.54) is 32.1 Å². The van der Waals surface area contributed by atoms with Crippen LogP contribution in [0.1, 0.15) is 65.2 Å². The third-order valence-corrected chi connectivity index (χ3v) is 4.78. The predicted octanol–water partition coefficient (Wildman–Crippen LogP) is 4.94. The first-order chi connectivity index (χ1) is 12.6. The number of rotatable bonds is 12. The summed E-state index contributed by atoms with van der Waals surface area (Å²) in [7, 11) is 1.66. The van der Waals surface area contributed by atoms with E-state index in [0.29, 0.717) is 6.42 Å². The Morgan fingerprint density at radius 1 is 1.15 bits per heavy atom. The van der Waals surface area contributed by atoms with Crippen molar-refractivity contribution in [3.05, 3.63) is 36.0 Å². The molecule has 0 bridgehead atoms. The van der Waals surface area contributed by atoms with Gasteiger partial charge in [0.05, 0.1) is 6.10 Å². The van der Waals surface area contributed by atoms with Gasteiger partial charge >= 0.3 is 5.97 Å². The van der Waals surface area contributed by atoms with Gasteiger partial charge in [-0.3, -0.25) is 4.79 Å². The molecule has 26 heavy (non-hydrogen) atoms. The number of carbonyl (C=O) groups excluding carboxylic acids is 2. The van der Waals surface area contributed by atoms with Crippen molar-refractivity contribution in [3.63, 3.8) is 0 Å². The lowest BCUT2D eigenvalue weighted by Gasteiger charge is -2.15. The number of aldehydes is 1. The van der Waals surface area contributed by atoms with Crippen LogP contribution in [0.4, 0.5) is 0 Å². The fraction of sp³-hybridized carbons (Fsp3) is 0.636. The molecule has 1 rings (SSSR count). The first-order valence-corrected chi connectivity index (χ1v) is 9.80. The SMILES string of the molecule is CCCCCCC/C=C/C=C(C)/C=C/[C@H]1C[C@H](OC)C[C@@H]1OC(=O)C=O. The van der Waals surface area contributed by atoms with Gasteiger partial charge < -0.3 is 9.47 Å². The van der Waals surface area contributed by atoms with Gasteiger partial charge in [0.2, 0.25) is 6.29 Å². The van der Waals surface area contributed by atoms with Gasteiger partial charge in [0.25, 0.3) is 0 Å². The van der Waals surface area contributed by atoms with E-state index >= 15 is 0 Å². The molecule has 0 aromatic carbocycles. The highest BCUT2D eigenvalue weighted by atomic mass is 16.6. The Bertz CT molecular complexity index is 504. The molecule has 1 aliphatic rings. The second-order valence-electron chi connectivity index (χ2n) is 6.99. The largest absolute Gasteiger partial charge is 0.456 e. The summed E-state index contributed by atoms with van der Waals surface area (Å²) in [6.45, 7) is 4.29. The summed E-state index contributed by atoms with van der Waals surface area (Å²) >= 11 is 0. The Hall–Kier alpha value is -1.68. The van der Waals surface area contributed by atoms with Crippen molar-refractivity contribution in [2.45, 2.75) is 77.4 Å². The van der Waals surface area contributed by atoms with Crippen LogP contribution in [-0.4, -0.2) is 31.6 Å². The van der Waals surface area contributed by atoms with Gasteiger partial charge in [0.15, 0.2) is 0 Å². The van der Waals surface area contributed by atoms with Gasteiger partial charge in [-0.2, -0.15) is 0 Å². The highest BCUT2D eigenvalue weighted by molar-refractivity contribution is 6.20. The van der Waals surface area contributed by atoms with Gasteiger partial charge in [-0.1, -0.05) is 68.6 Å². The van der Waals surface area contributed by atoms with Crippen molar-refractivity contribution in [3.8, 4) is 0 Å². The third-order valence-electron chi connectivity index (χ3n) is 4.78. The average Bonchev–Trinajstić information content (AvgIpc) is 3.03. The molecular weight excluding hydrogens is 328 g/mol. The van der Waals surface area contributed by atoms with Gasteiger partial charge in [-0.15, -0.1) is 0 Å². The van der Waals surface area contributed by atoms with E-state index in [-0.39, 0.29) is 24.4 Å². The maximum Gasteiger partial charge on any atom is 0.371 e. The van der Waals surface area contributed by atoms with E-state index in [1.54, 1.807) is 7.11 Å². The molecule has 146 valence electrons. The van der Waals surface area contributed by atoms with Crippen LogP contribution in [0.2, 0.25) is 0 Å². The Kier molecular flexibility index (Phi) is 11.6. The van der Waals surface area contributed by atoms with E-state index < -0.39 is 5.97 Å². The lowest BCUT2D eigenvalue weighted by Crippen LogP contribution is -2.22. The van der Waals surface area contributed by atoms with Crippen LogP contribution in [0.5, 0.6) is 0 Å². The van der Waals surface area contributed by atoms with E-state index in [0.717, 1.165) is 18.4 Å². The molecule has 0 aliphatic heterocycles. The quantitative estimate of drug-likeness (QED) is 0.162. The van der Waals surface area contributed by atoms with Gasteiger partial charge in [0.1, 0.15) is 6.10 Å². The molecule has 0 aromatic rings. The average molecular weight is 363 g/mol. The Morgan fingerprint density at radius 2 is 1.92 bits per heavy atom. The Labute approximate surface area is 158 Å². The number of hydrogen-bond acceptors (Lipinski definition) is 4. The van der Waals surface area contributed by atoms with Crippen LogP contribution in [0.15, 0.2) is 36.0 Å². The molecule has 0 unspecified atom stereocenters. The maximum atomic E-state index is 11.3. The minimum atomic E-state index is -0.806. The topological polar surface area (TPSA) is 52.6 Å². The minimum Gasteiger partial charge on any atom is -0.456 e. The number of hydrogen-bond donors (Lipinski definition) is 0. The first kappa shape index (κ1) is 22.4. The van der Waals surface area contributed by atoms with Crippen LogP contribution in [0.3, 0.4) is 0 Å². The molecule has 3 atom stereocenters. The summed E-state index contributed by atoms with van der Waals surface area (Å²) in [6.07, 6.45) is 19.6. The lowest BCUT2D eigenvalue weighted by atomic mass is 10.0. The fourth-order valence-electron chi connectivity index (χ4n) is 3.21.